The summed E-state index contributed by atoms with van der Waals surface area (Å²) in [5, 5.41) is 4.28. The molecule has 3 aromatic carbocycles. The van der Waals surface area contributed by atoms with E-state index in [9.17, 15) is 9.59 Å². The number of benzene rings is 3. The molecule has 2 amide bonds. The number of rotatable bonds is 6. The number of amides is 2. The number of likely N-dealkylation sites (tertiary alicyclic amines) is 1. The Morgan fingerprint density at radius 2 is 1.53 bits per heavy atom. The Labute approximate surface area is 185 Å². The molecule has 152 valence electrons. The number of nitrogens with one attached hydrogen (secondary N) is 1. The van der Waals surface area contributed by atoms with E-state index in [0.29, 0.717) is 23.0 Å². The highest BCUT2D eigenvalue weighted by atomic mass is 35.5. The number of carbonyl (C=O) groups is 2. The molecule has 6 heteroatoms. The molecule has 3 aromatic rings. The third-order valence-electron chi connectivity index (χ3n) is 5.27. The number of nitrogens with zero attached hydrogens (tertiary/aromatic N) is 1. The minimum atomic E-state index is -0.690. The van der Waals surface area contributed by atoms with Crippen LogP contribution in [0.5, 0.6) is 0 Å². The standard InChI is InChI=1S/C24H20Cl2N2O2/c25-18-12-10-16(11-13-18)22(19-8-4-5-9-20(19)26)27-24(30)23(28-15-14-21(28)29)17-6-2-1-3-7-17/h1-13,22-23H,14-15H2,(H,27,30)/t22-,23-/m0/s1. The summed E-state index contributed by atoms with van der Waals surface area (Å²) in [6.45, 7) is 0.559. The molecule has 30 heavy (non-hydrogen) atoms. The van der Waals surface area contributed by atoms with Gasteiger partial charge in [-0.05, 0) is 34.9 Å². The van der Waals surface area contributed by atoms with Crippen molar-refractivity contribution in [2.75, 3.05) is 6.54 Å². The number of hydrogen-bond donors (Lipinski definition) is 1. The van der Waals surface area contributed by atoms with Crippen molar-refractivity contribution in [3.05, 3.63) is 106 Å². The van der Waals surface area contributed by atoms with E-state index in [1.165, 1.54) is 0 Å². The predicted octanol–water partition coefficient (Wildman–Crippen LogP) is 5.17. The molecule has 1 aliphatic heterocycles. The van der Waals surface area contributed by atoms with Crippen LogP contribution in [0.4, 0.5) is 0 Å². The van der Waals surface area contributed by atoms with E-state index in [0.717, 1.165) is 16.7 Å². The Balaban J connectivity index is 1.70. The van der Waals surface area contributed by atoms with Crippen LogP contribution in [0.15, 0.2) is 78.9 Å². The minimum Gasteiger partial charge on any atom is -0.343 e. The number of halogens is 2. The average molecular weight is 439 g/mol. The van der Waals surface area contributed by atoms with Gasteiger partial charge in [0.15, 0.2) is 0 Å². The Bertz CT molecular complexity index is 1050. The molecule has 0 spiro atoms. The van der Waals surface area contributed by atoms with E-state index in [1.807, 2.05) is 60.7 Å². The topological polar surface area (TPSA) is 49.4 Å². The van der Waals surface area contributed by atoms with Crippen molar-refractivity contribution in [2.24, 2.45) is 0 Å². The van der Waals surface area contributed by atoms with Crippen LogP contribution in [0.3, 0.4) is 0 Å². The van der Waals surface area contributed by atoms with Crippen molar-refractivity contribution >= 4 is 35.0 Å². The van der Waals surface area contributed by atoms with E-state index >= 15 is 0 Å². The molecular weight excluding hydrogens is 419 g/mol. The minimum absolute atomic E-state index is 0.0280. The first-order valence-electron chi connectivity index (χ1n) is 9.69. The van der Waals surface area contributed by atoms with Crippen LogP contribution in [0, 0.1) is 0 Å². The maximum absolute atomic E-state index is 13.5. The Morgan fingerprint density at radius 3 is 2.13 bits per heavy atom. The van der Waals surface area contributed by atoms with Gasteiger partial charge in [0.1, 0.15) is 6.04 Å². The summed E-state index contributed by atoms with van der Waals surface area (Å²) in [5.41, 5.74) is 2.40. The largest absolute Gasteiger partial charge is 0.343 e. The molecular formula is C24H20Cl2N2O2. The van der Waals surface area contributed by atoms with Gasteiger partial charge in [-0.15, -0.1) is 0 Å². The summed E-state index contributed by atoms with van der Waals surface area (Å²) >= 11 is 12.5. The number of β-lactam (4-membered cyclic amide) rings is 1. The highest BCUT2D eigenvalue weighted by molar-refractivity contribution is 6.31. The van der Waals surface area contributed by atoms with Gasteiger partial charge in [0, 0.05) is 23.0 Å². The maximum Gasteiger partial charge on any atom is 0.248 e. The summed E-state index contributed by atoms with van der Waals surface area (Å²) in [4.78, 5) is 27.3. The van der Waals surface area contributed by atoms with Gasteiger partial charge in [-0.3, -0.25) is 9.59 Å². The summed E-state index contributed by atoms with van der Waals surface area (Å²) in [6.07, 6.45) is 0.460. The van der Waals surface area contributed by atoms with E-state index in [1.54, 1.807) is 23.1 Å². The van der Waals surface area contributed by atoms with Gasteiger partial charge in [0.25, 0.3) is 0 Å². The van der Waals surface area contributed by atoms with Crippen LogP contribution in [-0.4, -0.2) is 23.3 Å². The van der Waals surface area contributed by atoms with E-state index in [-0.39, 0.29) is 11.8 Å². The van der Waals surface area contributed by atoms with Crippen molar-refractivity contribution in [2.45, 2.75) is 18.5 Å². The lowest BCUT2D eigenvalue weighted by molar-refractivity contribution is -0.149. The molecule has 1 N–H and O–H groups in total. The zero-order valence-corrected chi connectivity index (χ0v) is 17.6. The van der Waals surface area contributed by atoms with Crippen molar-refractivity contribution in [1.82, 2.24) is 10.2 Å². The third-order valence-corrected chi connectivity index (χ3v) is 5.86. The fraction of sp³-hybridized carbons (Fsp3) is 0.167. The van der Waals surface area contributed by atoms with Gasteiger partial charge < -0.3 is 10.2 Å². The molecule has 1 heterocycles. The molecule has 1 saturated heterocycles. The summed E-state index contributed by atoms with van der Waals surface area (Å²) in [6, 6.07) is 22.9. The highest BCUT2D eigenvalue weighted by Gasteiger charge is 2.37. The van der Waals surface area contributed by atoms with Gasteiger partial charge in [0.05, 0.1) is 6.04 Å². The van der Waals surface area contributed by atoms with Crippen LogP contribution < -0.4 is 5.32 Å². The first-order chi connectivity index (χ1) is 14.5. The maximum atomic E-state index is 13.5. The van der Waals surface area contributed by atoms with Gasteiger partial charge in [-0.25, -0.2) is 0 Å². The van der Waals surface area contributed by atoms with Crippen LogP contribution >= 0.6 is 23.2 Å². The zero-order chi connectivity index (χ0) is 21.1. The molecule has 0 radical (unpaired) electrons. The molecule has 0 aromatic heterocycles. The summed E-state index contributed by atoms with van der Waals surface area (Å²) in [7, 11) is 0. The van der Waals surface area contributed by atoms with Crippen molar-refractivity contribution in [1.29, 1.82) is 0 Å². The molecule has 0 unspecified atom stereocenters. The van der Waals surface area contributed by atoms with Crippen molar-refractivity contribution in [3.8, 4) is 0 Å². The van der Waals surface area contributed by atoms with Gasteiger partial charge in [-0.2, -0.15) is 0 Å². The van der Waals surface area contributed by atoms with E-state index < -0.39 is 12.1 Å². The summed E-state index contributed by atoms with van der Waals surface area (Å²) < 4.78 is 0. The Hall–Kier alpha value is -2.82. The molecule has 1 fully saturated rings. The smallest absolute Gasteiger partial charge is 0.248 e. The fourth-order valence-electron chi connectivity index (χ4n) is 3.64. The van der Waals surface area contributed by atoms with Gasteiger partial charge >= 0.3 is 0 Å². The van der Waals surface area contributed by atoms with E-state index in [4.69, 9.17) is 23.2 Å². The molecule has 4 nitrogen and oxygen atoms in total. The van der Waals surface area contributed by atoms with Gasteiger partial charge in [0.2, 0.25) is 11.8 Å². The molecule has 0 aliphatic carbocycles. The number of hydrogen-bond acceptors (Lipinski definition) is 2. The fourth-order valence-corrected chi connectivity index (χ4v) is 4.01. The summed E-state index contributed by atoms with van der Waals surface area (Å²) in [5.74, 6) is -0.283. The first-order valence-corrected chi connectivity index (χ1v) is 10.4. The molecule has 2 atom stereocenters. The van der Waals surface area contributed by atoms with Gasteiger partial charge in [-0.1, -0.05) is 83.9 Å². The van der Waals surface area contributed by atoms with Crippen LogP contribution in [0.1, 0.15) is 35.2 Å². The second-order valence-corrected chi connectivity index (χ2v) is 8.01. The SMILES string of the molecule is O=C(N[C@@H](c1ccc(Cl)cc1)c1ccccc1Cl)[C@H](c1ccccc1)N1CCC1=O. The van der Waals surface area contributed by atoms with Crippen LogP contribution in [-0.2, 0) is 9.59 Å². The van der Waals surface area contributed by atoms with Crippen LogP contribution in [0.25, 0.3) is 0 Å². The average Bonchev–Trinajstić information content (AvgIpc) is 2.76. The second kappa shape index (κ2) is 8.90. The van der Waals surface area contributed by atoms with Crippen LogP contribution in [0.2, 0.25) is 10.0 Å². The predicted molar refractivity (Wildman–Crippen MR) is 118 cm³/mol. The quantitative estimate of drug-likeness (QED) is 0.539. The molecule has 0 bridgehead atoms. The highest BCUT2D eigenvalue weighted by Crippen LogP contribution is 2.32. The second-order valence-electron chi connectivity index (χ2n) is 7.17. The zero-order valence-electron chi connectivity index (χ0n) is 16.1. The molecule has 0 saturated carbocycles. The molecule has 4 rings (SSSR count). The van der Waals surface area contributed by atoms with E-state index in [2.05, 4.69) is 5.32 Å². The lowest BCUT2D eigenvalue weighted by atomic mass is 9.96. The molecule has 1 aliphatic rings. The monoisotopic (exact) mass is 438 g/mol. The third kappa shape index (κ3) is 4.20. The first kappa shape index (κ1) is 20.5. The normalized spacial score (nSPS) is 15.3. The Kier molecular flexibility index (Phi) is 6.07. The lowest BCUT2D eigenvalue weighted by Gasteiger charge is -2.38. The lowest BCUT2D eigenvalue weighted by Crippen LogP contribution is -2.51. The van der Waals surface area contributed by atoms with Crippen molar-refractivity contribution < 1.29 is 9.59 Å². The Morgan fingerprint density at radius 1 is 0.867 bits per heavy atom. The van der Waals surface area contributed by atoms with Crippen molar-refractivity contribution in [3.63, 3.8) is 0 Å². The number of carbonyl (C=O) groups excluding carboxylic acids is 2.